The Morgan fingerprint density at radius 1 is 1.12 bits per heavy atom. The molecule has 1 N–H and O–H groups in total. The van der Waals surface area contributed by atoms with Gasteiger partial charge in [0.05, 0.1) is 16.1 Å². The van der Waals surface area contributed by atoms with Crippen molar-refractivity contribution in [3.63, 3.8) is 0 Å². The predicted octanol–water partition coefficient (Wildman–Crippen LogP) is 2.95. The molecule has 5 nitrogen and oxygen atoms in total. The molecule has 0 bridgehead atoms. The Morgan fingerprint density at radius 2 is 1.88 bits per heavy atom. The summed E-state index contributed by atoms with van der Waals surface area (Å²) >= 11 is 6.01. The predicted molar refractivity (Wildman–Crippen MR) is 94.5 cm³/mol. The third-order valence-corrected chi connectivity index (χ3v) is 4.40. The van der Waals surface area contributed by atoms with Crippen molar-refractivity contribution in [2.45, 2.75) is 19.9 Å². The monoisotopic (exact) mass is 356 g/mol. The van der Waals surface area contributed by atoms with Gasteiger partial charge in [0.2, 0.25) is 5.91 Å². The number of benzene rings is 2. The lowest BCUT2D eigenvalue weighted by Gasteiger charge is -2.13. The van der Waals surface area contributed by atoms with Gasteiger partial charge in [-0.2, -0.15) is 0 Å². The molecule has 2 aromatic carbocycles. The fourth-order valence-corrected chi connectivity index (χ4v) is 3.08. The van der Waals surface area contributed by atoms with Crippen LogP contribution in [0.25, 0.3) is 0 Å². The quantitative estimate of drug-likeness (QED) is 0.837. The molecular formula is C19H17ClN2O3. The molecule has 0 radical (unpaired) electrons. The first-order valence-electron chi connectivity index (χ1n) is 7.94. The van der Waals surface area contributed by atoms with Crippen LogP contribution >= 0.6 is 11.6 Å². The molecule has 3 rings (SSSR count). The van der Waals surface area contributed by atoms with Gasteiger partial charge in [0, 0.05) is 19.5 Å². The molecule has 0 aliphatic carbocycles. The highest BCUT2D eigenvalue weighted by Gasteiger charge is 2.36. The normalized spacial score (nSPS) is 13.1. The number of aryl methyl sites for hydroxylation is 1. The number of nitrogens with zero attached hydrogens (tertiary/aromatic N) is 1. The Labute approximate surface area is 150 Å². The molecule has 1 aliphatic heterocycles. The van der Waals surface area contributed by atoms with Crippen molar-refractivity contribution in [1.29, 1.82) is 0 Å². The minimum atomic E-state index is -0.447. The highest BCUT2D eigenvalue weighted by Crippen LogP contribution is 2.29. The molecule has 0 atom stereocenters. The van der Waals surface area contributed by atoms with E-state index in [0.717, 1.165) is 16.0 Å². The summed E-state index contributed by atoms with van der Waals surface area (Å²) in [4.78, 5) is 37.7. The summed E-state index contributed by atoms with van der Waals surface area (Å²) in [5, 5.41) is 3.05. The molecule has 0 saturated heterocycles. The first kappa shape index (κ1) is 17.2. The topological polar surface area (TPSA) is 66.5 Å². The van der Waals surface area contributed by atoms with E-state index in [-0.39, 0.29) is 35.0 Å². The lowest BCUT2D eigenvalue weighted by atomic mass is 10.1. The molecular weight excluding hydrogens is 340 g/mol. The molecule has 0 fully saturated rings. The van der Waals surface area contributed by atoms with Crippen LogP contribution in [-0.4, -0.2) is 29.2 Å². The van der Waals surface area contributed by atoms with Gasteiger partial charge in [-0.3, -0.25) is 19.3 Å². The number of carbonyl (C=O) groups excluding carboxylic acids is 3. The number of rotatable bonds is 5. The molecule has 25 heavy (non-hydrogen) atoms. The van der Waals surface area contributed by atoms with Crippen molar-refractivity contribution < 1.29 is 14.4 Å². The van der Waals surface area contributed by atoms with Crippen LogP contribution in [0.2, 0.25) is 5.02 Å². The van der Waals surface area contributed by atoms with E-state index in [2.05, 4.69) is 5.32 Å². The van der Waals surface area contributed by atoms with Gasteiger partial charge in [-0.05, 0) is 24.6 Å². The third-order valence-electron chi connectivity index (χ3n) is 4.08. The van der Waals surface area contributed by atoms with Gasteiger partial charge >= 0.3 is 0 Å². The van der Waals surface area contributed by atoms with Crippen molar-refractivity contribution in [2.24, 2.45) is 0 Å². The molecule has 0 saturated carbocycles. The summed E-state index contributed by atoms with van der Waals surface area (Å²) in [5.41, 5.74) is 2.63. The van der Waals surface area contributed by atoms with Gasteiger partial charge < -0.3 is 5.32 Å². The van der Waals surface area contributed by atoms with Crippen molar-refractivity contribution in [3.05, 3.63) is 69.7 Å². The second-order valence-corrected chi connectivity index (χ2v) is 6.35. The van der Waals surface area contributed by atoms with Crippen LogP contribution < -0.4 is 5.32 Å². The maximum Gasteiger partial charge on any atom is 0.263 e. The summed E-state index contributed by atoms with van der Waals surface area (Å²) in [5.74, 6) is -1.07. The van der Waals surface area contributed by atoms with E-state index in [1.165, 1.54) is 0 Å². The van der Waals surface area contributed by atoms with E-state index < -0.39 is 11.8 Å². The van der Waals surface area contributed by atoms with Crippen LogP contribution in [0.4, 0.5) is 0 Å². The van der Waals surface area contributed by atoms with Crippen molar-refractivity contribution in [1.82, 2.24) is 10.2 Å². The minimum absolute atomic E-state index is 0.0301. The van der Waals surface area contributed by atoms with Gasteiger partial charge in [0.1, 0.15) is 0 Å². The van der Waals surface area contributed by atoms with Crippen molar-refractivity contribution in [3.8, 4) is 0 Å². The smallest absolute Gasteiger partial charge is 0.263 e. The maximum atomic E-state index is 12.3. The van der Waals surface area contributed by atoms with E-state index in [0.29, 0.717) is 6.54 Å². The molecule has 6 heteroatoms. The molecule has 0 unspecified atom stereocenters. The van der Waals surface area contributed by atoms with Crippen LogP contribution in [-0.2, 0) is 11.3 Å². The third kappa shape index (κ3) is 3.56. The Bertz CT molecular complexity index is 863. The fourth-order valence-electron chi connectivity index (χ4n) is 2.82. The van der Waals surface area contributed by atoms with E-state index in [4.69, 9.17) is 11.6 Å². The molecule has 1 heterocycles. The number of nitrogens with one attached hydrogen (secondary N) is 1. The Balaban J connectivity index is 1.57. The Morgan fingerprint density at radius 3 is 2.60 bits per heavy atom. The number of fused-ring (bicyclic) bond motifs is 1. The number of amides is 3. The Hall–Kier alpha value is -2.66. The SMILES string of the molecule is Cc1cccc(CNC(=O)CCN2C(=O)c3cccc(Cl)c3C2=O)c1. The lowest BCUT2D eigenvalue weighted by molar-refractivity contribution is -0.121. The summed E-state index contributed by atoms with van der Waals surface area (Å²) in [7, 11) is 0. The first-order valence-corrected chi connectivity index (χ1v) is 8.32. The van der Waals surface area contributed by atoms with Crippen molar-refractivity contribution >= 4 is 29.3 Å². The molecule has 0 aromatic heterocycles. The molecule has 1 aliphatic rings. The summed E-state index contributed by atoms with van der Waals surface area (Å²) in [6.07, 6.45) is 0.0505. The summed E-state index contributed by atoms with van der Waals surface area (Å²) in [6, 6.07) is 12.6. The highest BCUT2D eigenvalue weighted by atomic mass is 35.5. The second-order valence-electron chi connectivity index (χ2n) is 5.94. The molecule has 3 amide bonds. The second kappa shape index (κ2) is 7.07. The van der Waals surface area contributed by atoms with Crippen LogP contribution in [0.15, 0.2) is 42.5 Å². The average molecular weight is 357 g/mol. The summed E-state index contributed by atoms with van der Waals surface area (Å²) < 4.78 is 0. The van der Waals surface area contributed by atoms with Crippen LogP contribution in [0.5, 0.6) is 0 Å². The van der Waals surface area contributed by atoms with E-state index in [9.17, 15) is 14.4 Å². The van der Waals surface area contributed by atoms with Crippen molar-refractivity contribution in [2.75, 3.05) is 6.54 Å². The van der Waals surface area contributed by atoms with Crippen LogP contribution in [0, 0.1) is 6.92 Å². The average Bonchev–Trinajstić information content (AvgIpc) is 2.83. The molecule has 128 valence electrons. The zero-order chi connectivity index (χ0) is 18.0. The van der Waals surface area contributed by atoms with Gasteiger partial charge in [-0.25, -0.2) is 0 Å². The van der Waals surface area contributed by atoms with Gasteiger partial charge in [-0.1, -0.05) is 47.5 Å². The number of carbonyl (C=O) groups is 3. The number of imide groups is 1. The zero-order valence-corrected chi connectivity index (χ0v) is 14.5. The first-order chi connectivity index (χ1) is 12.0. The van der Waals surface area contributed by atoms with Crippen LogP contribution in [0.3, 0.4) is 0 Å². The largest absolute Gasteiger partial charge is 0.352 e. The number of hydrogen-bond donors (Lipinski definition) is 1. The zero-order valence-electron chi connectivity index (χ0n) is 13.7. The van der Waals surface area contributed by atoms with Gasteiger partial charge in [0.15, 0.2) is 0 Å². The number of halogens is 1. The lowest BCUT2D eigenvalue weighted by Crippen LogP contribution is -2.34. The van der Waals surface area contributed by atoms with Gasteiger partial charge in [-0.15, -0.1) is 0 Å². The highest BCUT2D eigenvalue weighted by molar-refractivity contribution is 6.37. The van der Waals surface area contributed by atoms with Gasteiger partial charge in [0.25, 0.3) is 11.8 Å². The van der Waals surface area contributed by atoms with E-state index in [1.807, 2.05) is 31.2 Å². The molecule has 0 spiro atoms. The number of hydrogen-bond acceptors (Lipinski definition) is 3. The summed E-state index contributed by atoms with van der Waals surface area (Å²) in [6.45, 7) is 2.43. The molecule has 2 aromatic rings. The van der Waals surface area contributed by atoms with E-state index >= 15 is 0 Å². The van der Waals surface area contributed by atoms with E-state index in [1.54, 1.807) is 18.2 Å². The fraction of sp³-hybridized carbons (Fsp3) is 0.211. The maximum absolute atomic E-state index is 12.3. The Kier molecular flexibility index (Phi) is 4.86. The van der Waals surface area contributed by atoms with Crippen LogP contribution in [0.1, 0.15) is 38.3 Å². The minimum Gasteiger partial charge on any atom is -0.352 e. The standard InChI is InChI=1S/C19H17ClN2O3/c1-12-4-2-5-13(10-12)11-21-16(23)8-9-22-18(24)14-6-3-7-15(20)17(14)19(22)25/h2-7,10H,8-9,11H2,1H3,(H,21,23).